The van der Waals surface area contributed by atoms with E-state index in [1.54, 1.807) is 0 Å². The summed E-state index contributed by atoms with van der Waals surface area (Å²) in [5, 5.41) is 3.27. The molecule has 0 aliphatic heterocycles. The summed E-state index contributed by atoms with van der Waals surface area (Å²) < 4.78 is 26.8. The summed E-state index contributed by atoms with van der Waals surface area (Å²) in [5.41, 5.74) is -0.724. The molecule has 106 valence electrons. The Morgan fingerprint density at radius 2 is 2.11 bits per heavy atom. The van der Waals surface area contributed by atoms with Crippen LogP contribution < -0.4 is 5.32 Å². The second-order valence-electron chi connectivity index (χ2n) is 4.92. The molecule has 0 aromatic carbocycles. The maximum Gasteiger partial charge on any atom is 0.326 e. The van der Waals surface area contributed by atoms with Gasteiger partial charge in [0.15, 0.2) is 0 Å². The molecule has 5 nitrogen and oxygen atoms in total. The monoisotopic (exact) mass is 295 g/mol. The molecule has 1 aliphatic carbocycles. The fraction of sp³-hybridized carbons (Fsp3) is 0.909. The Hall–Kier alpha value is -0.270. The molecule has 0 heterocycles. The van der Waals surface area contributed by atoms with E-state index in [4.69, 9.17) is 4.74 Å². The average molecular weight is 295 g/mol. The van der Waals surface area contributed by atoms with Gasteiger partial charge >= 0.3 is 5.97 Å². The maximum atomic E-state index is 11.8. The van der Waals surface area contributed by atoms with Crippen LogP contribution in [0.15, 0.2) is 0 Å². The molecule has 1 unspecified atom stereocenters. The molecule has 0 amide bonds. The van der Waals surface area contributed by atoms with Crippen molar-refractivity contribution >= 4 is 27.6 Å². The van der Waals surface area contributed by atoms with Crippen molar-refractivity contribution in [1.82, 2.24) is 5.32 Å². The quantitative estimate of drug-likeness (QED) is 0.518. The number of sulfone groups is 1. The third-order valence-electron chi connectivity index (χ3n) is 2.73. The van der Waals surface area contributed by atoms with Crippen LogP contribution in [0.5, 0.6) is 0 Å². The Labute approximate surface area is 113 Å². The largest absolute Gasteiger partial charge is 0.468 e. The normalized spacial score (nSPS) is 19.3. The first-order chi connectivity index (χ1) is 8.27. The van der Waals surface area contributed by atoms with Gasteiger partial charge in [0.1, 0.15) is 15.4 Å². The van der Waals surface area contributed by atoms with Gasteiger partial charge in [-0.1, -0.05) is 0 Å². The van der Waals surface area contributed by atoms with Gasteiger partial charge in [-0.15, -0.1) is 0 Å². The van der Waals surface area contributed by atoms with Gasteiger partial charge in [0.05, 0.1) is 12.9 Å². The minimum atomic E-state index is -2.94. The van der Waals surface area contributed by atoms with E-state index in [1.807, 2.05) is 6.92 Å². The third kappa shape index (κ3) is 5.58. The summed E-state index contributed by atoms with van der Waals surface area (Å²) in [6, 6.07) is 0.393. The average Bonchev–Trinajstić information content (AvgIpc) is 3.06. The number of rotatable bonds is 8. The first kappa shape index (κ1) is 15.8. The Morgan fingerprint density at radius 3 is 2.56 bits per heavy atom. The zero-order chi connectivity index (χ0) is 13.8. The fourth-order valence-corrected chi connectivity index (χ4v) is 3.99. The molecule has 0 radical (unpaired) electrons. The van der Waals surface area contributed by atoms with Crippen LogP contribution in [-0.2, 0) is 19.4 Å². The van der Waals surface area contributed by atoms with Gasteiger partial charge in [-0.2, -0.15) is 11.8 Å². The molecular formula is C11H21NO4S2. The van der Waals surface area contributed by atoms with Crippen molar-refractivity contribution in [2.24, 2.45) is 0 Å². The van der Waals surface area contributed by atoms with Gasteiger partial charge in [-0.25, -0.2) is 8.42 Å². The van der Waals surface area contributed by atoms with Gasteiger partial charge in [0, 0.05) is 23.8 Å². The molecule has 1 saturated carbocycles. The standard InChI is InChI=1S/C11H21NO4S2/c1-11(10(13)16-2,12-9-4-5-9)8-17-6-7-18(3,14)15/h9,12H,4-8H2,1-3H3. The second kappa shape index (κ2) is 6.25. The fourth-order valence-electron chi connectivity index (χ4n) is 1.55. The van der Waals surface area contributed by atoms with Crippen molar-refractivity contribution in [2.45, 2.75) is 31.3 Å². The molecule has 0 spiro atoms. The lowest BCUT2D eigenvalue weighted by molar-refractivity contribution is -0.147. The molecule has 0 aromatic rings. The van der Waals surface area contributed by atoms with Gasteiger partial charge in [0.2, 0.25) is 0 Å². The highest BCUT2D eigenvalue weighted by molar-refractivity contribution is 8.00. The lowest BCUT2D eigenvalue weighted by atomic mass is 10.1. The van der Waals surface area contributed by atoms with Crippen molar-refractivity contribution in [2.75, 3.05) is 30.6 Å². The molecule has 1 fully saturated rings. The number of hydrogen-bond acceptors (Lipinski definition) is 6. The lowest BCUT2D eigenvalue weighted by Gasteiger charge is -2.27. The number of hydrogen-bond donors (Lipinski definition) is 1. The molecule has 0 saturated heterocycles. The predicted octanol–water partition coefficient (Wildman–Crippen LogP) is 0.448. The molecular weight excluding hydrogens is 274 g/mol. The highest BCUT2D eigenvalue weighted by Gasteiger charge is 2.39. The summed E-state index contributed by atoms with van der Waals surface area (Å²) in [7, 11) is -1.56. The molecule has 18 heavy (non-hydrogen) atoms. The lowest BCUT2D eigenvalue weighted by Crippen LogP contribution is -2.53. The van der Waals surface area contributed by atoms with Crippen molar-refractivity contribution in [1.29, 1.82) is 0 Å². The molecule has 0 aromatic heterocycles. The number of esters is 1. The van der Waals surface area contributed by atoms with Gasteiger partial charge < -0.3 is 4.74 Å². The number of nitrogens with one attached hydrogen (secondary N) is 1. The summed E-state index contributed by atoms with van der Waals surface area (Å²) in [6.45, 7) is 1.81. The minimum Gasteiger partial charge on any atom is -0.468 e. The number of ether oxygens (including phenoxy) is 1. The Balaban J connectivity index is 2.43. The molecule has 1 N–H and O–H groups in total. The van der Waals surface area contributed by atoms with Gasteiger partial charge in [0.25, 0.3) is 0 Å². The van der Waals surface area contributed by atoms with E-state index in [-0.39, 0.29) is 11.7 Å². The van der Waals surface area contributed by atoms with E-state index < -0.39 is 15.4 Å². The summed E-state index contributed by atoms with van der Waals surface area (Å²) in [6.07, 6.45) is 3.39. The van der Waals surface area contributed by atoms with Crippen molar-refractivity contribution in [3.63, 3.8) is 0 Å². The molecule has 0 bridgehead atoms. The van der Waals surface area contributed by atoms with E-state index >= 15 is 0 Å². The van der Waals surface area contributed by atoms with Gasteiger partial charge in [-0.3, -0.25) is 10.1 Å². The molecule has 1 rings (SSSR count). The first-order valence-electron chi connectivity index (χ1n) is 5.88. The zero-order valence-electron chi connectivity index (χ0n) is 11.1. The SMILES string of the molecule is COC(=O)C(C)(CSCCS(C)(=O)=O)NC1CC1. The van der Waals surface area contributed by atoms with Crippen LogP contribution >= 0.6 is 11.8 Å². The molecule has 1 aliphatic rings. The van der Waals surface area contributed by atoms with Crippen molar-refractivity contribution < 1.29 is 17.9 Å². The Kier molecular flexibility index (Phi) is 5.48. The summed E-state index contributed by atoms with van der Waals surface area (Å²) >= 11 is 1.46. The van der Waals surface area contributed by atoms with Crippen LogP contribution in [0, 0.1) is 0 Å². The first-order valence-corrected chi connectivity index (χ1v) is 9.10. The summed E-state index contributed by atoms with van der Waals surface area (Å²) in [5.74, 6) is 0.864. The van der Waals surface area contributed by atoms with E-state index in [0.717, 1.165) is 12.8 Å². The number of thioether (sulfide) groups is 1. The van der Waals surface area contributed by atoms with Crippen LogP contribution in [-0.4, -0.2) is 56.6 Å². The molecule has 1 atom stereocenters. The summed E-state index contributed by atoms with van der Waals surface area (Å²) in [4.78, 5) is 11.8. The third-order valence-corrected chi connectivity index (χ3v) is 5.20. The van der Waals surface area contributed by atoms with E-state index in [9.17, 15) is 13.2 Å². The topological polar surface area (TPSA) is 72.5 Å². The van der Waals surface area contributed by atoms with E-state index in [0.29, 0.717) is 17.5 Å². The van der Waals surface area contributed by atoms with Crippen LogP contribution in [0.4, 0.5) is 0 Å². The number of carbonyl (C=O) groups excluding carboxylic acids is 1. The molecule has 7 heteroatoms. The van der Waals surface area contributed by atoms with Crippen LogP contribution in [0.1, 0.15) is 19.8 Å². The van der Waals surface area contributed by atoms with E-state index in [1.165, 1.54) is 25.1 Å². The second-order valence-corrected chi connectivity index (χ2v) is 8.29. The van der Waals surface area contributed by atoms with Crippen LogP contribution in [0.2, 0.25) is 0 Å². The highest BCUT2D eigenvalue weighted by atomic mass is 32.2. The van der Waals surface area contributed by atoms with Crippen LogP contribution in [0.25, 0.3) is 0 Å². The van der Waals surface area contributed by atoms with Crippen LogP contribution in [0.3, 0.4) is 0 Å². The van der Waals surface area contributed by atoms with E-state index in [2.05, 4.69) is 5.32 Å². The minimum absolute atomic E-state index is 0.137. The zero-order valence-corrected chi connectivity index (χ0v) is 12.7. The van der Waals surface area contributed by atoms with Crippen molar-refractivity contribution in [3.05, 3.63) is 0 Å². The van der Waals surface area contributed by atoms with Gasteiger partial charge in [-0.05, 0) is 19.8 Å². The van der Waals surface area contributed by atoms with Crippen molar-refractivity contribution in [3.8, 4) is 0 Å². The number of carbonyl (C=O) groups is 1. The smallest absolute Gasteiger partial charge is 0.326 e. The predicted molar refractivity (Wildman–Crippen MR) is 73.6 cm³/mol. The highest BCUT2D eigenvalue weighted by Crippen LogP contribution is 2.25. The maximum absolute atomic E-state index is 11.8. The Morgan fingerprint density at radius 1 is 1.50 bits per heavy atom. The Bertz CT molecular complexity index is 392. The number of methoxy groups -OCH3 is 1.